The van der Waals surface area contributed by atoms with Crippen molar-refractivity contribution < 1.29 is 9.13 Å². The van der Waals surface area contributed by atoms with E-state index in [1.807, 2.05) is 35.2 Å². The summed E-state index contributed by atoms with van der Waals surface area (Å²) in [5.41, 5.74) is 1.44. The lowest BCUT2D eigenvalue weighted by molar-refractivity contribution is 0.417. The Morgan fingerprint density at radius 1 is 0.964 bits per heavy atom. The van der Waals surface area contributed by atoms with Crippen LogP contribution in [0.15, 0.2) is 54.7 Å². The van der Waals surface area contributed by atoms with E-state index in [4.69, 9.17) is 4.74 Å². The number of halogens is 1. The lowest BCUT2D eigenvalue weighted by atomic mass is 10.2. The van der Waals surface area contributed by atoms with Crippen LogP contribution >= 0.6 is 0 Å². The molecule has 8 heteroatoms. The highest BCUT2D eigenvalue weighted by Gasteiger charge is 2.21. The van der Waals surface area contributed by atoms with Gasteiger partial charge < -0.3 is 19.9 Å². The zero-order chi connectivity index (χ0) is 19.3. The predicted octanol–water partition coefficient (Wildman–Crippen LogP) is 3.09. The second kappa shape index (κ2) is 8.08. The van der Waals surface area contributed by atoms with Gasteiger partial charge in [-0.2, -0.15) is 10.1 Å². The maximum Gasteiger partial charge on any atom is 0.247 e. The summed E-state index contributed by atoms with van der Waals surface area (Å²) in [6, 6.07) is 14.5. The van der Waals surface area contributed by atoms with Gasteiger partial charge in [-0.25, -0.2) is 4.39 Å². The first-order valence-corrected chi connectivity index (χ1v) is 9.09. The Hall–Kier alpha value is -3.42. The van der Waals surface area contributed by atoms with Crippen molar-refractivity contribution in [2.45, 2.75) is 0 Å². The minimum absolute atomic E-state index is 0.197. The van der Waals surface area contributed by atoms with E-state index in [9.17, 15) is 4.39 Å². The number of anilines is 4. The van der Waals surface area contributed by atoms with Gasteiger partial charge in [-0.3, -0.25) is 0 Å². The van der Waals surface area contributed by atoms with E-state index in [0.717, 1.165) is 11.4 Å². The summed E-state index contributed by atoms with van der Waals surface area (Å²) in [5, 5.41) is 11.5. The molecule has 4 rings (SSSR count). The van der Waals surface area contributed by atoms with Gasteiger partial charge in [0, 0.05) is 26.2 Å². The fourth-order valence-corrected chi connectivity index (χ4v) is 3.23. The van der Waals surface area contributed by atoms with Crippen LogP contribution in [0.1, 0.15) is 0 Å². The molecular formula is C20H21FN6O. The van der Waals surface area contributed by atoms with Gasteiger partial charge in [0.2, 0.25) is 5.95 Å². The molecule has 2 aromatic carbocycles. The number of hydrogen-bond acceptors (Lipinski definition) is 7. The highest BCUT2D eigenvalue weighted by atomic mass is 19.1. The zero-order valence-electron chi connectivity index (χ0n) is 15.5. The second-order valence-corrected chi connectivity index (χ2v) is 6.39. The van der Waals surface area contributed by atoms with Crippen LogP contribution in [-0.4, -0.2) is 48.5 Å². The third-order valence-electron chi connectivity index (χ3n) is 4.67. The molecule has 1 saturated heterocycles. The molecule has 1 fully saturated rings. The number of benzene rings is 2. The molecule has 0 amide bonds. The summed E-state index contributed by atoms with van der Waals surface area (Å²) < 4.78 is 19.4. The third-order valence-corrected chi connectivity index (χ3v) is 4.67. The largest absolute Gasteiger partial charge is 0.495 e. The number of aromatic nitrogens is 3. The Morgan fingerprint density at radius 2 is 1.68 bits per heavy atom. The molecule has 1 aliphatic heterocycles. The Balaban J connectivity index is 1.45. The van der Waals surface area contributed by atoms with Crippen molar-refractivity contribution in [2.75, 3.05) is 48.4 Å². The van der Waals surface area contributed by atoms with Gasteiger partial charge in [0.05, 0.1) is 24.7 Å². The fraction of sp³-hybridized carbons (Fsp3) is 0.250. The summed E-state index contributed by atoms with van der Waals surface area (Å²) in [6.45, 7) is 2.76. The summed E-state index contributed by atoms with van der Waals surface area (Å²) in [6.07, 6.45) is 1.57. The predicted molar refractivity (Wildman–Crippen MR) is 107 cm³/mol. The fourth-order valence-electron chi connectivity index (χ4n) is 3.23. The number of methoxy groups -OCH3 is 1. The molecule has 0 bridgehead atoms. The minimum atomic E-state index is -0.197. The first-order chi connectivity index (χ1) is 13.7. The average Bonchev–Trinajstić information content (AvgIpc) is 2.75. The normalized spacial score (nSPS) is 14.1. The van der Waals surface area contributed by atoms with Gasteiger partial charge in [-0.1, -0.05) is 24.3 Å². The molecule has 1 aromatic heterocycles. The number of rotatable bonds is 5. The van der Waals surface area contributed by atoms with Crippen molar-refractivity contribution in [3.63, 3.8) is 0 Å². The van der Waals surface area contributed by atoms with Crippen molar-refractivity contribution in [1.29, 1.82) is 0 Å². The third kappa shape index (κ3) is 3.80. The number of hydrogen-bond donors (Lipinski definition) is 1. The number of ether oxygens (including phenoxy) is 1. The highest BCUT2D eigenvalue weighted by molar-refractivity contribution is 5.64. The number of piperazine rings is 1. The van der Waals surface area contributed by atoms with E-state index in [0.29, 0.717) is 43.6 Å². The van der Waals surface area contributed by atoms with Gasteiger partial charge in [-0.05, 0) is 24.3 Å². The molecule has 7 nitrogen and oxygen atoms in total. The summed E-state index contributed by atoms with van der Waals surface area (Å²) >= 11 is 0. The molecule has 1 aliphatic rings. The maximum atomic E-state index is 14.0. The van der Waals surface area contributed by atoms with Crippen LogP contribution in [-0.2, 0) is 0 Å². The molecule has 0 radical (unpaired) electrons. The molecule has 3 aromatic rings. The second-order valence-electron chi connectivity index (χ2n) is 6.39. The van der Waals surface area contributed by atoms with Gasteiger partial charge in [-0.15, -0.1) is 5.10 Å². The minimum Gasteiger partial charge on any atom is -0.495 e. The molecule has 28 heavy (non-hydrogen) atoms. The van der Waals surface area contributed by atoms with E-state index in [1.54, 1.807) is 25.4 Å². The summed E-state index contributed by atoms with van der Waals surface area (Å²) in [7, 11) is 1.62. The van der Waals surface area contributed by atoms with Crippen molar-refractivity contribution >= 4 is 23.1 Å². The van der Waals surface area contributed by atoms with Gasteiger partial charge in [0.15, 0.2) is 5.82 Å². The topological polar surface area (TPSA) is 66.4 Å². The average molecular weight is 380 g/mol. The van der Waals surface area contributed by atoms with E-state index >= 15 is 0 Å². The van der Waals surface area contributed by atoms with E-state index in [1.165, 1.54) is 6.07 Å². The van der Waals surface area contributed by atoms with Crippen LogP contribution in [0, 0.1) is 5.82 Å². The van der Waals surface area contributed by atoms with Crippen LogP contribution < -0.4 is 19.9 Å². The molecule has 0 atom stereocenters. The Morgan fingerprint density at radius 3 is 2.46 bits per heavy atom. The SMILES string of the molecule is COc1ccccc1Nc1cnnc(N2CCN(c3ccccc3F)CC2)n1. The lowest BCUT2D eigenvalue weighted by Crippen LogP contribution is -2.47. The first kappa shape index (κ1) is 18.0. The van der Waals surface area contributed by atoms with Crippen LogP contribution in [0.3, 0.4) is 0 Å². The van der Waals surface area contributed by atoms with E-state index in [2.05, 4.69) is 25.4 Å². The van der Waals surface area contributed by atoms with Crippen LogP contribution in [0.2, 0.25) is 0 Å². The number of para-hydroxylation sites is 3. The molecule has 0 aliphatic carbocycles. The van der Waals surface area contributed by atoms with Gasteiger partial charge in [0.1, 0.15) is 11.6 Å². The van der Waals surface area contributed by atoms with Crippen molar-refractivity contribution in [1.82, 2.24) is 15.2 Å². The van der Waals surface area contributed by atoms with Crippen LogP contribution in [0.25, 0.3) is 0 Å². The van der Waals surface area contributed by atoms with Crippen molar-refractivity contribution in [3.05, 3.63) is 60.5 Å². The molecule has 1 N–H and O–H groups in total. The molecule has 144 valence electrons. The smallest absolute Gasteiger partial charge is 0.247 e. The molecule has 2 heterocycles. The molecular weight excluding hydrogens is 359 g/mol. The number of nitrogens with one attached hydrogen (secondary N) is 1. The molecule has 0 spiro atoms. The monoisotopic (exact) mass is 380 g/mol. The lowest BCUT2D eigenvalue weighted by Gasteiger charge is -2.36. The highest BCUT2D eigenvalue weighted by Crippen LogP contribution is 2.26. The van der Waals surface area contributed by atoms with Crippen LogP contribution in [0.5, 0.6) is 5.75 Å². The van der Waals surface area contributed by atoms with E-state index < -0.39 is 0 Å². The Kier molecular flexibility index (Phi) is 5.18. The van der Waals surface area contributed by atoms with Gasteiger partial charge in [0.25, 0.3) is 0 Å². The number of nitrogens with zero attached hydrogens (tertiary/aromatic N) is 5. The van der Waals surface area contributed by atoms with Crippen LogP contribution in [0.4, 0.5) is 27.5 Å². The first-order valence-electron chi connectivity index (χ1n) is 9.09. The van der Waals surface area contributed by atoms with Gasteiger partial charge >= 0.3 is 0 Å². The quantitative estimate of drug-likeness (QED) is 0.730. The Bertz CT molecular complexity index is 945. The molecule has 0 saturated carbocycles. The summed E-state index contributed by atoms with van der Waals surface area (Å²) in [4.78, 5) is 8.67. The summed E-state index contributed by atoms with van der Waals surface area (Å²) in [5.74, 6) is 1.66. The zero-order valence-corrected chi connectivity index (χ0v) is 15.5. The molecule has 0 unspecified atom stereocenters. The van der Waals surface area contributed by atoms with Crippen molar-refractivity contribution in [3.8, 4) is 5.75 Å². The maximum absolute atomic E-state index is 14.0. The Labute approximate surface area is 162 Å². The van der Waals surface area contributed by atoms with Crippen molar-refractivity contribution in [2.24, 2.45) is 0 Å². The van der Waals surface area contributed by atoms with E-state index in [-0.39, 0.29) is 5.82 Å². The standard InChI is InChI=1S/C20H21FN6O/c1-28-18-9-5-3-7-16(18)23-19-14-22-25-20(24-19)27-12-10-26(11-13-27)17-8-4-2-6-15(17)21/h2-9,14H,10-13H2,1H3,(H,23,24,25).